The fourth-order valence-electron chi connectivity index (χ4n) is 2.40. The van der Waals surface area contributed by atoms with E-state index in [1.54, 1.807) is 30.2 Å². The van der Waals surface area contributed by atoms with Gasteiger partial charge < -0.3 is 9.64 Å². The van der Waals surface area contributed by atoms with Crippen LogP contribution in [0.15, 0.2) is 18.2 Å². The summed E-state index contributed by atoms with van der Waals surface area (Å²) in [5.74, 6) is -0.173. The summed E-state index contributed by atoms with van der Waals surface area (Å²) < 4.78 is 5.17. The first-order valence-corrected chi connectivity index (χ1v) is 7.33. The Kier molecular flexibility index (Phi) is 2.89. The third-order valence-corrected chi connectivity index (χ3v) is 5.10. The molecule has 100 valence electrons. The minimum Gasteiger partial charge on any atom is -0.497 e. The van der Waals surface area contributed by atoms with E-state index in [1.807, 2.05) is 0 Å². The lowest BCUT2D eigenvalue weighted by Gasteiger charge is -2.22. The molecule has 5 heteroatoms. The van der Waals surface area contributed by atoms with Crippen LogP contribution in [0.4, 0.5) is 5.69 Å². The largest absolute Gasteiger partial charge is 0.497 e. The van der Waals surface area contributed by atoms with Crippen LogP contribution in [0.1, 0.15) is 23.2 Å². The van der Waals surface area contributed by atoms with Gasteiger partial charge in [-0.2, -0.15) is 0 Å². The Labute approximate surface area is 119 Å². The van der Waals surface area contributed by atoms with Crippen LogP contribution in [0.25, 0.3) is 0 Å². The van der Waals surface area contributed by atoms with Gasteiger partial charge in [0.15, 0.2) is 0 Å². The Hall–Kier alpha value is -1.36. The molecule has 2 aliphatic rings. The molecule has 1 aliphatic heterocycles. The molecule has 0 bridgehead atoms. The van der Waals surface area contributed by atoms with Crippen LogP contribution in [0, 0.1) is 5.41 Å². The lowest BCUT2D eigenvalue weighted by Crippen LogP contribution is -2.35. The number of carbonyl (C=O) groups is 2. The van der Waals surface area contributed by atoms with Gasteiger partial charge in [0, 0.05) is 17.9 Å². The summed E-state index contributed by atoms with van der Waals surface area (Å²) in [6.07, 6.45) is 2.19. The summed E-state index contributed by atoms with van der Waals surface area (Å²) >= 11 is 3.50. The number of anilines is 1. The number of Topliss-reactive ketones (excluding diaryl/α,β-unsaturated/α-hetero) is 1. The van der Waals surface area contributed by atoms with Crippen LogP contribution in [0.3, 0.4) is 0 Å². The van der Waals surface area contributed by atoms with Crippen LogP contribution in [0.2, 0.25) is 0 Å². The summed E-state index contributed by atoms with van der Waals surface area (Å²) in [4.78, 5) is 25.7. The molecule has 0 N–H and O–H groups in total. The molecule has 1 heterocycles. The summed E-state index contributed by atoms with van der Waals surface area (Å²) in [7, 11) is 1.57. The van der Waals surface area contributed by atoms with Crippen molar-refractivity contribution in [3.63, 3.8) is 0 Å². The van der Waals surface area contributed by atoms with Crippen LogP contribution < -0.4 is 9.64 Å². The summed E-state index contributed by atoms with van der Waals surface area (Å²) in [5, 5.41) is 0.858. The predicted octanol–water partition coefficient (Wildman–Crippen LogP) is 2.40. The van der Waals surface area contributed by atoms with Gasteiger partial charge in [0.2, 0.25) is 0 Å². The SMILES string of the molecule is COc1ccc2c(c1)N(CC1(CBr)CC1)C(=O)C2=O. The number of amides is 1. The van der Waals surface area contributed by atoms with E-state index in [2.05, 4.69) is 15.9 Å². The highest BCUT2D eigenvalue weighted by Crippen LogP contribution is 2.49. The van der Waals surface area contributed by atoms with E-state index in [9.17, 15) is 9.59 Å². The Morgan fingerprint density at radius 1 is 1.37 bits per heavy atom. The fourth-order valence-corrected chi connectivity index (χ4v) is 3.14. The van der Waals surface area contributed by atoms with Gasteiger partial charge in [-0.05, 0) is 30.4 Å². The number of hydrogen-bond donors (Lipinski definition) is 0. The normalized spacial score (nSPS) is 19.6. The number of halogens is 1. The van der Waals surface area contributed by atoms with Crippen molar-refractivity contribution in [1.82, 2.24) is 0 Å². The second kappa shape index (κ2) is 4.34. The zero-order valence-corrected chi connectivity index (χ0v) is 12.2. The third kappa shape index (κ3) is 1.96. The second-order valence-electron chi connectivity index (χ2n) is 5.24. The minimum atomic E-state index is -0.421. The van der Waals surface area contributed by atoms with E-state index in [-0.39, 0.29) is 5.41 Å². The smallest absolute Gasteiger partial charge is 0.299 e. The molecule has 0 atom stereocenters. The van der Waals surface area contributed by atoms with Gasteiger partial charge in [-0.1, -0.05) is 15.9 Å². The van der Waals surface area contributed by atoms with Crippen molar-refractivity contribution in [2.24, 2.45) is 5.41 Å². The maximum atomic E-state index is 12.1. The van der Waals surface area contributed by atoms with Crippen LogP contribution >= 0.6 is 15.9 Å². The standard InChI is InChI=1S/C14H14BrNO3/c1-19-9-2-3-10-11(6-9)16(13(18)12(10)17)8-14(7-15)4-5-14/h2-3,6H,4-5,7-8H2,1H3. The van der Waals surface area contributed by atoms with Gasteiger partial charge in [-0.15, -0.1) is 0 Å². The number of methoxy groups -OCH3 is 1. The number of rotatable bonds is 4. The van der Waals surface area contributed by atoms with Crippen molar-refractivity contribution in [2.45, 2.75) is 12.8 Å². The van der Waals surface area contributed by atoms with Gasteiger partial charge in [0.05, 0.1) is 18.4 Å². The number of carbonyl (C=O) groups excluding carboxylic acids is 2. The monoisotopic (exact) mass is 323 g/mol. The number of benzene rings is 1. The number of ether oxygens (including phenoxy) is 1. The van der Waals surface area contributed by atoms with Crippen molar-refractivity contribution in [2.75, 3.05) is 23.9 Å². The highest BCUT2D eigenvalue weighted by atomic mass is 79.9. The quantitative estimate of drug-likeness (QED) is 0.631. The number of nitrogens with zero attached hydrogens (tertiary/aromatic N) is 1. The Morgan fingerprint density at radius 3 is 2.68 bits per heavy atom. The van der Waals surface area contributed by atoms with E-state index in [4.69, 9.17) is 4.74 Å². The van der Waals surface area contributed by atoms with Crippen LogP contribution in [-0.4, -0.2) is 30.7 Å². The van der Waals surface area contributed by atoms with Crippen LogP contribution in [0.5, 0.6) is 5.75 Å². The van der Waals surface area contributed by atoms with E-state index in [0.29, 0.717) is 23.5 Å². The highest BCUT2D eigenvalue weighted by Gasteiger charge is 2.47. The maximum Gasteiger partial charge on any atom is 0.299 e. The van der Waals surface area contributed by atoms with Gasteiger partial charge in [0.1, 0.15) is 5.75 Å². The molecule has 1 aliphatic carbocycles. The first-order valence-electron chi connectivity index (χ1n) is 6.20. The molecule has 0 aromatic heterocycles. The summed E-state index contributed by atoms with van der Waals surface area (Å²) in [6.45, 7) is 0.600. The first kappa shape index (κ1) is 12.7. The van der Waals surface area contributed by atoms with E-state index in [1.165, 1.54) is 0 Å². The molecule has 3 rings (SSSR count). The second-order valence-corrected chi connectivity index (χ2v) is 5.80. The zero-order valence-electron chi connectivity index (χ0n) is 10.6. The Balaban J connectivity index is 1.98. The predicted molar refractivity (Wildman–Crippen MR) is 75.1 cm³/mol. The molecular formula is C14H14BrNO3. The number of hydrogen-bond acceptors (Lipinski definition) is 3. The van der Waals surface area contributed by atoms with Crippen molar-refractivity contribution in [3.05, 3.63) is 23.8 Å². The average molecular weight is 324 g/mol. The molecule has 1 aromatic rings. The number of alkyl halides is 1. The summed E-state index contributed by atoms with van der Waals surface area (Å²) in [5.41, 5.74) is 1.30. The molecule has 1 fully saturated rings. The summed E-state index contributed by atoms with van der Waals surface area (Å²) in [6, 6.07) is 5.15. The molecule has 4 nitrogen and oxygen atoms in total. The molecule has 19 heavy (non-hydrogen) atoms. The molecular weight excluding hydrogens is 310 g/mol. The number of ketones is 1. The van der Waals surface area contributed by atoms with Crippen molar-refractivity contribution < 1.29 is 14.3 Å². The molecule has 1 amide bonds. The molecule has 0 spiro atoms. The van der Waals surface area contributed by atoms with E-state index in [0.717, 1.165) is 18.2 Å². The Morgan fingerprint density at radius 2 is 2.11 bits per heavy atom. The van der Waals surface area contributed by atoms with Crippen LogP contribution in [-0.2, 0) is 4.79 Å². The molecule has 0 saturated heterocycles. The van der Waals surface area contributed by atoms with Gasteiger partial charge in [-0.3, -0.25) is 9.59 Å². The fraction of sp³-hybridized carbons (Fsp3) is 0.429. The Bertz CT molecular complexity index is 566. The topological polar surface area (TPSA) is 46.6 Å². The maximum absolute atomic E-state index is 12.1. The lowest BCUT2D eigenvalue weighted by atomic mass is 10.1. The van der Waals surface area contributed by atoms with E-state index < -0.39 is 11.7 Å². The van der Waals surface area contributed by atoms with Crippen molar-refractivity contribution in [3.8, 4) is 5.75 Å². The lowest BCUT2D eigenvalue weighted by molar-refractivity contribution is -0.114. The molecule has 0 unspecified atom stereocenters. The molecule has 0 radical (unpaired) electrons. The van der Waals surface area contributed by atoms with Gasteiger partial charge in [-0.25, -0.2) is 0 Å². The zero-order chi connectivity index (χ0) is 13.6. The molecule has 1 saturated carbocycles. The minimum absolute atomic E-state index is 0.140. The first-order chi connectivity index (χ1) is 9.10. The van der Waals surface area contributed by atoms with E-state index >= 15 is 0 Å². The average Bonchev–Trinajstić information content (AvgIpc) is 3.18. The van der Waals surface area contributed by atoms with Gasteiger partial charge >= 0.3 is 0 Å². The third-order valence-electron chi connectivity index (χ3n) is 3.91. The highest BCUT2D eigenvalue weighted by molar-refractivity contribution is 9.09. The van der Waals surface area contributed by atoms with Crippen molar-refractivity contribution in [1.29, 1.82) is 0 Å². The number of fused-ring (bicyclic) bond motifs is 1. The van der Waals surface area contributed by atoms with Crippen molar-refractivity contribution >= 4 is 33.3 Å². The van der Waals surface area contributed by atoms with Gasteiger partial charge in [0.25, 0.3) is 11.7 Å². The molecule has 1 aromatic carbocycles.